The van der Waals surface area contributed by atoms with Gasteiger partial charge in [-0.1, -0.05) is 18.2 Å². The van der Waals surface area contributed by atoms with E-state index in [0.717, 1.165) is 0 Å². The highest BCUT2D eigenvalue weighted by molar-refractivity contribution is 6.15. The Kier molecular flexibility index (Phi) is 4.94. The van der Waals surface area contributed by atoms with E-state index < -0.39 is 17.7 Å². The highest BCUT2D eigenvalue weighted by atomic mass is 16.7. The maximum Gasteiger partial charge on any atom is 0.350 e. The van der Waals surface area contributed by atoms with E-state index in [2.05, 4.69) is 10.6 Å². The smallest absolute Gasteiger partial charge is 0.350 e. The van der Waals surface area contributed by atoms with E-state index in [1.807, 2.05) is 6.07 Å². The third-order valence-electron chi connectivity index (χ3n) is 3.68. The number of amides is 1. The summed E-state index contributed by atoms with van der Waals surface area (Å²) in [6, 6.07) is 15.6. The third kappa shape index (κ3) is 4.52. The molecule has 0 spiro atoms. The number of anilines is 2. The molecule has 0 saturated carbocycles. The van der Waals surface area contributed by atoms with Gasteiger partial charge < -0.3 is 20.1 Å². The lowest BCUT2D eigenvalue weighted by Crippen LogP contribution is -2.42. The molecule has 1 heterocycles. The van der Waals surface area contributed by atoms with Crippen LogP contribution in [0.15, 0.2) is 66.4 Å². The van der Waals surface area contributed by atoms with Crippen LogP contribution in [0.1, 0.15) is 24.2 Å². The van der Waals surface area contributed by atoms with E-state index in [1.54, 1.807) is 48.5 Å². The lowest BCUT2D eigenvalue weighted by atomic mass is 10.2. The minimum Gasteiger partial charge on any atom is -0.419 e. The summed E-state index contributed by atoms with van der Waals surface area (Å²) in [7, 11) is 0. The Balaban J connectivity index is 1.63. The second-order valence-electron chi connectivity index (χ2n) is 6.28. The van der Waals surface area contributed by atoms with Gasteiger partial charge in [-0.25, -0.2) is 9.59 Å². The van der Waals surface area contributed by atoms with Crippen molar-refractivity contribution in [2.75, 3.05) is 10.6 Å². The summed E-state index contributed by atoms with van der Waals surface area (Å²) < 4.78 is 10.0. The fraction of sp³-hybridized carbons (Fsp3) is 0.150. The number of carbonyl (C=O) groups is 3. The Hall–Kier alpha value is -3.61. The average molecular weight is 366 g/mol. The quantitative estimate of drug-likeness (QED) is 0.491. The summed E-state index contributed by atoms with van der Waals surface area (Å²) in [5.74, 6) is -3.00. The molecule has 1 amide bonds. The summed E-state index contributed by atoms with van der Waals surface area (Å²) >= 11 is 0. The number of nitrogens with one attached hydrogen (secondary N) is 2. The maximum atomic E-state index is 12.1. The van der Waals surface area contributed by atoms with Crippen LogP contribution >= 0.6 is 0 Å². The van der Waals surface area contributed by atoms with Crippen molar-refractivity contribution in [3.8, 4) is 0 Å². The molecular formula is C20H18N2O5. The molecule has 0 atom stereocenters. The summed E-state index contributed by atoms with van der Waals surface area (Å²) in [5, 5.41) is 5.62. The SMILES string of the molecule is CC1(C)OC(=O)C(=CNc2ccc(NC(=O)c3ccccc3)cc2)C(=O)O1. The second-order valence-corrected chi connectivity index (χ2v) is 6.28. The van der Waals surface area contributed by atoms with Gasteiger partial charge in [0.25, 0.3) is 11.7 Å². The highest BCUT2D eigenvalue weighted by Crippen LogP contribution is 2.23. The first-order valence-electron chi connectivity index (χ1n) is 8.24. The summed E-state index contributed by atoms with van der Waals surface area (Å²) in [5.41, 5.74) is 1.56. The molecule has 1 saturated heterocycles. The molecule has 1 aliphatic rings. The van der Waals surface area contributed by atoms with Crippen LogP contribution in [0.2, 0.25) is 0 Å². The van der Waals surface area contributed by atoms with Crippen LogP contribution in [0.3, 0.4) is 0 Å². The van der Waals surface area contributed by atoms with Crippen molar-refractivity contribution in [3.63, 3.8) is 0 Å². The van der Waals surface area contributed by atoms with Crippen molar-refractivity contribution in [1.82, 2.24) is 0 Å². The molecule has 0 bridgehead atoms. The van der Waals surface area contributed by atoms with E-state index >= 15 is 0 Å². The van der Waals surface area contributed by atoms with Crippen molar-refractivity contribution >= 4 is 29.2 Å². The van der Waals surface area contributed by atoms with Crippen LogP contribution in [0.5, 0.6) is 0 Å². The molecule has 0 radical (unpaired) electrons. The Labute approximate surface area is 156 Å². The molecule has 2 aromatic rings. The molecule has 2 aromatic carbocycles. The lowest BCUT2D eigenvalue weighted by Gasteiger charge is -2.29. The molecule has 1 aliphatic heterocycles. The molecule has 1 fully saturated rings. The number of cyclic esters (lactones) is 2. The van der Waals surface area contributed by atoms with Gasteiger partial charge in [0.2, 0.25) is 0 Å². The predicted molar refractivity (Wildman–Crippen MR) is 98.8 cm³/mol. The number of benzene rings is 2. The topological polar surface area (TPSA) is 93.7 Å². The Morgan fingerprint density at radius 2 is 1.44 bits per heavy atom. The molecule has 7 heteroatoms. The van der Waals surface area contributed by atoms with Crippen LogP contribution in [0.25, 0.3) is 0 Å². The van der Waals surface area contributed by atoms with Gasteiger partial charge in [-0.05, 0) is 36.4 Å². The second kappa shape index (κ2) is 7.33. The van der Waals surface area contributed by atoms with Crippen molar-refractivity contribution < 1.29 is 23.9 Å². The molecule has 0 aromatic heterocycles. The van der Waals surface area contributed by atoms with Gasteiger partial charge in [0.05, 0.1) is 0 Å². The van der Waals surface area contributed by atoms with Gasteiger partial charge in [0, 0.05) is 37.0 Å². The number of rotatable bonds is 4. The summed E-state index contributed by atoms with van der Waals surface area (Å²) in [6.45, 7) is 2.96. The molecule has 0 unspecified atom stereocenters. The van der Waals surface area contributed by atoms with Crippen molar-refractivity contribution in [3.05, 3.63) is 71.9 Å². The fourth-order valence-electron chi connectivity index (χ4n) is 2.38. The van der Waals surface area contributed by atoms with Crippen LogP contribution < -0.4 is 10.6 Å². The van der Waals surface area contributed by atoms with Crippen molar-refractivity contribution in [2.45, 2.75) is 19.6 Å². The molecular weight excluding hydrogens is 348 g/mol. The largest absolute Gasteiger partial charge is 0.419 e. The normalized spacial score (nSPS) is 15.4. The van der Waals surface area contributed by atoms with E-state index in [4.69, 9.17) is 9.47 Å². The Morgan fingerprint density at radius 3 is 2.04 bits per heavy atom. The standard InChI is InChI=1S/C20H18N2O5/c1-20(2)26-18(24)16(19(25)27-20)12-21-14-8-10-15(11-9-14)22-17(23)13-6-4-3-5-7-13/h3-12,21H,1-2H3,(H,22,23). The number of ether oxygens (including phenoxy) is 2. The monoisotopic (exact) mass is 366 g/mol. The third-order valence-corrected chi connectivity index (χ3v) is 3.68. The number of carbonyl (C=O) groups excluding carboxylic acids is 3. The first kappa shape index (κ1) is 18.2. The predicted octanol–water partition coefficient (Wildman–Crippen LogP) is 3.07. The van der Waals surface area contributed by atoms with Crippen LogP contribution in [0.4, 0.5) is 11.4 Å². The molecule has 7 nitrogen and oxygen atoms in total. The lowest BCUT2D eigenvalue weighted by molar-refractivity contribution is -0.222. The zero-order valence-electron chi connectivity index (χ0n) is 14.8. The first-order valence-corrected chi connectivity index (χ1v) is 8.24. The van der Waals surface area contributed by atoms with Crippen LogP contribution in [0, 0.1) is 0 Å². The fourth-order valence-corrected chi connectivity index (χ4v) is 2.38. The van der Waals surface area contributed by atoms with E-state index in [-0.39, 0.29) is 11.5 Å². The average Bonchev–Trinajstić information content (AvgIpc) is 2.62. The van der Waals surface area contributed by atoms with Gasteiger partial charge in [0.15, 0.2) is 5.57 Å². The van der Waals surface area contributed by atoms with Gasteiger partial charge in [0.1, 0.15) is 0 Å². The van der Waals surface area contributed by atoms with Crippen LogP contribution in [-0.2, 0) is 19.1 Å². The molecule has 138 valence electrons. The number of esters is 2. The van der Waals surface area contributed by atoms with Gasteiger partial charge >= 0.3 is 11.9 Å². The molecule has 2 N–H and O–H groups in total. The van der Waals surface area contributed by atoms with E-state index in [1.165, 1.54) is 20.0 Å². The Bertz CT molecular complexity index is 880. The molecule has 0 aliphatic carbocycles. The van der Waals surface area contributed by atoms with Gasteiger partial charge in [-0.3, -0.25) is 4.79 Å². The first-order chi connectivity index (χ1) is 12.8. The van der Waals surface area contributed by atoms with E-state index in [0.29, 0.717) is 16.9 Å². The van der Waals surface area contributed by atoms with Crippen molar-refractivity contribution in [2.24, 2.45) is 0 Å². The number of hydrogen-bond donors (Lipinski definition) is 2. The minimum absolute atomic E-state index is 0.214. The summed E-state index contributed by atoms with van der Waals surface area (Å²) in [6.07, 6.45) is 1.23. The minimum atomic E-state index is -1.27. The number of hydrogen-bond acceptors (Lipinski definition) is 6. The van der Waals surface area contributed by atoms with Crippen LogP contribution in [-0.4, -0.2) is 23.6 Å². The van der Waals surface area contributed by atoms with E-state index in [9.17, 15) is 14.4 Å². The zero-order valence-corrected chi connectivity index (χ0v) is 14.8. The van der Waals surface area contributed by atoms with Crippen molar-refractivity contribution in [1.29, 1.82) is 0 Å². The summed E-state index contributed by atoms with van der Waals surface area (Å²) in [4.78, 5) is 35.9. The zero-order chi connectivity index (χ0) is 19.4. The maximum absolute atomic E-state index is 12.1. The molecule has 27 heavy (non-hydrogen) atoms. The van der Waals surface area contributed by atoms with Gasteiger partial charge in [-0.15, -0.1) is 0 Å². The molecule has 3 rings (SSSR count). The highest BCUT2D eigenvalue weighted by Gasteiger charge is 2.38. The van der Waals surface area contributed by atoms with Gasteiger partial charge in [-0.2, -0.15) is 0 Å². The Morgan fingerprint density at radius 1 is 0.889 bits per heavy atom.